The Morgan fingerprint density at radius 3 is 2.46 bits per heavy atom. The summed E-state index contributed by atoms with van der Waals surface area (Å²) in [4.78, 5) is 4.00. The third-order valence-corrected chi connectivity index (χ3v) is 4.84. The first-order valence-electron chi connectivity index (χ1n) is 7.32. The number of nitrogens with one attached hydrogen (secondary N) is 1. The van der Waals surface area contributed by atoms with Crippen molar-refractivity contribution in [1.29, 1.82) is 0 Å². The van der Waals surface area contributed by atoms with Crippen molar-refractivity contribution in [2.45, 2.75) is 12.3 Å². The molecule has 0 aliphatic rings. The van der Waals surface area contributed by atoms with Gasteiger partial charge in [0.05, 0.1) is 17.8 Å². The van der Waals surface area contributed by atoms with Crippen LogP contribution in [0, 0.1) is 5.82 Å². The highest BCUT2D eigenvalue weighted by Gasteiger charge is 2.15. The lowest BCUT2D eigenvalue weighted by Crippen LogP contribution is -2.25. The van der Waals surface area contributed by atoms with Gasteiger partial charge in [0.15, 0.2) is 0 Å². The monoisotopic (exact) mass is 345 g/mol. The molecule has 0 saturated carbocycles. The van der Waals surface area contributed by atoms with Crippen molar-refractivity contribution in [2.75, 3.05) is 0 Å². The Labute approximate surface area is 139 Å². The SMILES string of the molecule is O=S(=O)(Cc1ccccc1F)NCc1ccccc1-n1ccnc1. The zero-order valence-corrected chi connectivity index (χ0v) is 13.6. The van der Waals surface area contributed by atoms with Crippen LogP contribution >= 0.6 is 0 Å². The normalized spacial score (nSPS) is 11.5. The highest BCUT2D eigenvalue weighted by atomic mass is 32.2. The first-order chi connectivity index (χ1) is 11.6. The van der Waals surface area contributed by atoms with Crippen LogP contribution in [0.2, 0.25) is 0 Å². The van der Waals surface area contributed by atoms with Crippen molar-refractivity contribution >= 4 is 10.0 Å². The van der Waals surface area contributed by atoms with E-state index in [1.165, 1.54) is 18.2 Å². The van der Waals surface area contributed by atoms with E-state index < -0.39 is 21.6 Å². The molecule has 0 spiro atoms. The molecule has 0 saturated heterocycles. The van der Waals surface area contributed by atoms with E-state index in [1.807, 2.05) is 24.3 Å². The molecule has 0 radical (unpaired) electrons. The van der Waals surface area contributed by atoms with Gasteiger partial charge in [0.2, 0.25) is 10.0 Å². The topological polar surface area (TPSA) is 64.0 Å². The highest BCUT2D eigenvalue weighted by molar-refractivity contribution is 7.88. The van der Waals surface area contributed by atoms with E-state index in [-0.39, 0.29) is 12.1 Å². The van der Waals surface area contributed by atoms with Gasteiger partial charge in [-0.25, -0.2) is 22.5 Å². The molecule has 0 atom stereocenters. The number of sulfonamides is 1. The van der Waals surface area contributed by atoms with E-state index in [0.29, 0.717) is 0 Å². The Kier molecular flexibility index (Phi) is 4.73. The molecule has 0 amide bonds. The average molecular weight is 345 g/mol. The van der Waals surface area contributed by atoms with Gasteiger partial charge < -0.3 is 4.57 Å². The molecule has 3 aromatic rings. The van der Waals surface area contributed by atoms with Crippen molar-refractivity contribution in [1.82, 2.24) is 14.3 Å². The predicted octanol–water partition coefficient (Wildman–Crippen LogP) is 2.63. The Balaban J connectivity index is 1.75. The number of hydrogen-bond donors (Lipinski definition) is 1. The summed E-state index contributed by atoms with van der Waals surface area (Å²) >= 11 is 0. The van der Waals surface area contributed by atoms with E-state index in [2.05, 4.69) is 9.71 Å². The Hall–Kier alpha value is -2.51. The van der Waals surface area contributed by atoms with Crippen molar-refractivity contribution in [3.63, 3.8) is 0 Å². The first-order valence-corrected chi connectivity index (χ1v) is 8.97. The van der Waals surface area contributed by atoms with Crippen molar-refractivity contribution < 1.29 is 12.8 Å². The van der Waals surface area contributed by atoms with E-state index in [4.69, 9.17) is 0 Å². The molecule has 5 nitrogen and oxygen atoms in total. The van der Waals surface area contributed by atoms with Gasteiger partial charge in [0.25, 0.3) is 0 Å². The number of imidazole rings is 1. The van der Waals surface area contributed by atoms with Gasteiger partial charge in [-0.1, -0.05) is 36.4 Å². The van der Waals surface area contributed by atoms with Crippen molar-refractivity contribution in [3.05, 3.63) is 84.2 Å². The number of nitrogens with zero attached hydrogens (tertiary/aromatic N) is 2. The van der Waals surface area contributed by atoms with Crippen LogP contribution < -0.4 is 4.72 Å². The summed E-state index contributed by atoms with van der Waals surface area (Å²) in [5, 5.41) is 0. The molecule has 7 heteroatoms. The third kappa shape index (κ3) is 3.87. The van der Waals surface area contributed by atoms with Gasteiger partial charge in [-0.2, -0.15) is 0 Å². The van der Waals surface area contributed by atoms with Crippen LogP contribution in [0.15, 0.2) is 67.3 Å². The molecule has 0 unspecified atom stereocenters. The summed E-state index contributed by atoms with van der Waals surface area (Å²) < 4.78 is 42.4. The first kappa shape index (κ1) is 16.4. The van der Waals surface area contributed by atoms with E-state index in [9.17, 15) is 12.8 Å². The lowest BCUT2D eigenvalue weighted by atomic mass is 10.2. The number of hydrogen-bond acceptors (Lipinski definition) is 3. The standard InChI is InChI=1S/C17H16FN3O2S/c18-16-7-3-1-6-15(16)12-24(22,23)20-11-14-5-2-4-8-17(14)21-10-9-19-13-21/h1-10,13,20H,11-12H2. The van der Waals surface area contributed by atoms with E-state index in [0.717, 1.165) is 11.3 Å². The minimum Gasteiger partial charge on any atom is -0.306 e. The minimum atomic E-state index is -3.66. The van der Waals surface area contributed by atoms with Gasteiger partial charge in [-0.15, -0.1) is 0 Å². The van der Waals surface area contributed by atoms with Gasteiger partial charge in [-0.05, 0) is 17.7 Å². The highest BCUT2D eigenvalue weighted by Crippen LogP contribution is 2.15. The maximum Gasteiger partial charge on any atom is 0.216 e. The fourth-order valence-electron chi connectivity index (χ4n) is 2.37. The van der Waals surface area contributed by atoms with Gasteiger partial charge in [-0.3, -0.25) is 0 Å². The minimum absolute atomic E-state index is 0.116. The molecule has 1 aromatic heterocycles. The van der Waals surface area contributed by atoms with Crippen LogP contribution in [0.5, 0.6) is 0 Å². The van der Waals surface area contributed by atoms with Crippen molar-refractivity contribution in [2.24, 2.45) is 0 Å². The second-order valence-corrected chi connectivity index (χ2v) is 7.08. The van der Waals surface area contributed by atoms with Crippen LogP contribution in [0.1, 0.15) is 11.1 Å². The van der Waals surface area contributed by atoms with Crippen LogP contribution in [0.4, 0.5) is 4.39 Å². The van der Waals surface area contributed by atoms with Crippen LogP contribution in [0.25, 0.3) is 5.69 Å². The van der Waals surface area contributed by atoms with E-state index in [1.54, 1.807) is 29.4 Å². The molecule has 124 valence electrons. The second kappa shape index (κ2) is 6.94. The van der Waals surface area contributed by atoms with Gasteiger partial charge in [0.1, 0.15) is 5.82 Å². The molecule has 0 aliphatic heterocycles. The lowest BCUT2D eigenvalue weighted by Gasteiger charge is -2.12. The van der Waals surface area contributed by atoms with Gasteiger partial charge >= 0.3 is 0 Å². The average Bonchev–Trinajstić information content (AvgIpc) is 3.10. The molecule has 0 aliphatic carbocycles. The summed E-state index contributed by atoms with van der Waals surface area (Å²) in [5.74, 6) is -0.922. The summed E-state index contributed by atoms with van der Waals surface area (Å²) in [5.41, 5.74) is 1.78. The molecule has 3 rings (SSSR count). The largest absolute Gasteiger partial charge is 0.306 e. The number of halogens is 1. The van der Waals surface area contributed by atoms with Crippen molar-refractivity contribution in [3.8, 4) is 5.69 Å². The maximum atomic E-state index is 13.6. The molecule has 0 bridgehead atoms. The maximum absolute atomic E-state index is 13.6. The summed E-state index contributed by atoms with van der Waals surface area (Å²) in [7, 11) is -3.66. The molecular weight excluding hydrogens is 329 g/mol. The van der Waals surface area contributed by atoms with Gasteiger partial charge in [0, 0.05) is 24.5 Å². The molecular formula is C17H16FN3O2S. The number of rotatable bonds is 6. The number of aromatic nitrogens is 2. The summed E-state index contributed by atoms with van der Waals surface area (Å²) in [6.45, 7) is 0.116. The third-order valence-electron chi connectivity index (χ3n) is 3.56. The lowest BCUT2D eigenvalue weighted by molar-refractivity contribution is 0.574. The molecule has 2 aromatic carbocycles. The zero-order chi connectivity index (χ0) is 17.0. The number of para-hydroxylation sites is 1. The van der Waals surface area contributed by atoms with Crippen LogP contribution in [0.3, 0.4) is 0 Å². The predicted molar refractivity (Wildman–Crippen MR) is 89.4 cm³/mol. The summed E-state index contributed by atoms with van der Waals surface area (Å²) in [6, 6.07) is 13.3. The Bertz CT molecular complexity index is 925. The molecule has 1 N–H and O–H groups in total. The zero-order valence-electron chi connectivity index (χ0n) is 12.8. The fraction of sp³-hybridized carbons (Fsp3) is 0.118. The fourth-order valence-corrected chi connectivity index (χ4v) is 3.49. The molecule has 24 heavy (non-hydrogen) atoms. The van der Waals surface area contributed by atoms with E-state index >= 15 is 0 Å². The van der Waals surface area contributed by atoms with Crippen LogP contribution in [-0.4, -0.2) is 18.0 Å². The Morgan fingerprint density at radius 2 is 1.75 bits per heavy atom. The molecule has 0 fully saturated rings. The number of benzene rings is 2. The second-order valence-electron chi connectivity index (χ2n) is 5.27. The van der Waals surface area contributed by atoms with Crippen LogP contribution in [-0.2, 0) is 22.3 Å². The Morgan fingerprint density at radius 1 is 1.04 bits per heavy atom. The quantitative estimate of drug-likeness (QED) is 0.747. The molecule has 1 heterocycles. The summed E-state index contributed by atoms with van der Waals surface area (Å²) in [6.07, 6.45) is 5.08. The smallest absolute Gasteiger partial charge is 0.216 e.